The van der Waals surface area contributed by atoms with Crippen molar-refractivity contribution >= 4 is 16.5 Å². The molecule has 1 N–H and O–H groups in total. The first-order valence-electron chi connectivity index (χ1n) is 5.91. The number of rotatable bonds is 7. The molecule has 1 unspecified atom stereocenters. The number of hydrogen-bond donors (Lipinski definition) is 1. The van der Waals surface area contributed by atoms with Crippen LogP contribution in [0.15, 0.2) is 0 Å². The molecule has 0 bridgehead atoms. The smallest absolute Gasteiger partial charge is 0.134 e. The highest BCUT2D eigenvalue weighted by molar-refractivity contribution is 7.10. The molecule has 1 heterocycles. The van der Waals surface area contributed by atoms with Crippen molar-refractivity contribution in [1.82, 2.24) is 14.5 Å². The largest absolute Gasteiger partial charge is 0.374 e. The second kappa shape index (κ2) is 6.81. The molecule has 4 nitrogen and oxygen atoms in total. The van der Waals surface area contributed by atoms with Gasteiger partial charge in [0.15, 0.2) is 0 Å². The van der Waals surface area contributed by atoms with Crippen LogP contribution in [0.4, 0.5) is 5.00 Å². The van der Waals surface area contributed by atoms with Gasteiger partial charge in [0.05, 0.1) is 0 Å². The Balaban J connectivity index is 2.48. The second-order valence-electron chi connectivity index (χ2n) is 4.29. The first-order chi connectivity index (χ1) is 7.67. The molecule has 0 aliphatic heterocycles. The molecule has 0 saturated carbocycles. The normalized spacial score (nSPS) is 13.1. The van der Waals surface area contributed by atoms with E-state index < -0.39 is 0 Å². The van der Waals surface area contributed by atoms with Gasteiger partial charge in [-0.2, -0.15) is 0 Å². The summed E-state index contributed by atoms with van der Waals surface area (Å²) in [7, 11) is 2.14. The van der Waals surface area contributed by atoms with Crippen molar-refractivity contribution in [1.29, 1.82) is 0 Å². The van der Waals surface area contributed by atoms with Crippen LogP contribution in [0.5, 0.6) is 0 Å². The fourth-order valence-corrected chi connectivity index (χ4v) is 2.23. The van der Waals surface area contributed by atoms with Crippen LogP contribution >= 0.6 is 11.5 Å². The van der Waals surface area contributed by atoms with Crippen LogP contribution in [0, 0.1) is 5.92 Å². The van der Waals surface area contributed by atoms with Gasteiger partial charge in [-0.05, 0) is 19.9 Å². The fraction of sp³-hybridized carbons (Fsp3) is 0.818. The predicted molar refractivity (Wildman–Crippen MR) is 69.9 cm³/mol. The second-order valence-corrected chi connectivity index (χ2v) is 5.04. The molecule has 5 heteroatoms. The van der Waals surface area contributed by atoms with Gasteiger partial charge in [-0.25, -0.2) is 0 Å². The van der Waals surface area contributed by atoms with Crippen LogP contribution in [0.2, 0.25) is 0 Å². The Labute approximate surface area is 102 Å². The molecule has 1 aromatic rings. The minimum absolute atomic E-state index is 0.735. The van der Waals surface area contributed by atoms with Crippen LogP contribution in [-0.4, -0.2) is 34.6 Å². The lowest BCUT2D eigenvalue weighted by Crippen LogP contribution is -2.24. The van der Waals surface area contributed by atoms with Gasteiger partial charge in [0.2, 0.25) is 0 Å². The monoisotopic (exact) mass is 242 g/mol. The Hall–Kier alpha value is -0.680. The van der Waals surface area contributed by atoms with Gasteiger partial charge < -0.3 is 10.2 Å². The summed E-state index contributed by atoms with van der Waals surface area (Å²) in [6.07, 6.45) is 1.22. The van der Waals surface area contributed by atoms with Gasteiger partial charge in [-0.1, -0.05) is 24.8 Å². The molecule has 0 radical (unpaired) electrons. The number of nitrogens with zero attached hydrogens (tertiary/aromatic N) is 3. The molecule has 0 aromatic carbocycles. The van der Waals surface area contributed by atoms with Gasteiger partial charge in [0.25, 0.3) is 0 Å². The standard InChI is InChI=1S/C11H22N4S/c1-5-9(3)7-15(4)8-10-11(12-6-2)16-14-13-10/h9,12H,5-8H2,1-4H3. The molecular formula is C11H22N4S. The fourth-order valence-electron chi connectivity index (χ4n) is 1.59. The topological polar surface area (TPSA) is 41.1 Å². The molecule has 0 saturated heterocycles. The summed E-state index contributed by atoms with van der Waals surface area (Å²) in [5.41, 5.74) is 1.07. The minimum Gasteiger partial charge on any atom is -0.374 e. The van der Waals surface area contributed by atoms with Gasteiger partial charge >= 0.3 is 0 Å². The van der Waals surface area contributed by atoms with E-state index in [1.54, 1.807) is 0 Å². The Morgan fingerprint density at radius 1 is 1.44 bits per heavy atom. The summed E-state index contributed by atoms with van der Waals surface area (Å²) >= 11 is 1.44. The summed E-state index contributed by atoms with van der Waals surface area (Å²) in [4.78, 5) is 2.31. The predicted octanol–water partition coefficient (Wildman–Crippen LogP) is 2.45. The summed E-state index contributed by atoms with van der Waals surface area (Å²) in [5, 5.41) is 8.58. The number of anilines is 1. The van der Waals surface area contributed by atoms with E-state index in [1.165, 1.54) is 18.0 Å². The van der Waals surface area contributed by atoms with Crippen LogP contribution in [-0.2, 0) is 6.54 Å². The molecule has 1 aromatic heterocycles. The van der Waals surface area contributed by atoms with Crippen molar-refractivity contribution in [3.05, 3.63) is 5.69 Å². The van der Waals surface area contributed by atoms with Crippen molar-refractivity contribution in [2.75, 3.05) is 25.5 Å². The maximum absolute atomic E-state index is 4.17. The third kappa shape index (κ3) is 4.06. The van der Waals surface area contributed by atoms with E-state index in [4.69, 9.17) is 0 Å². The van der Waals surface area contributed by atoms with E-state index in [0.717, 1.165) is 36.2 Å². The summed E-state index contributed by atoms with van der Waals surface area (Å²) in [6.45, 7) is 9.51. The zero-order valence-corrected chi connectivity index (χ0v) is 11.5. The Morgan fingerprint density at radius 2 is 2.19 bits per heavy atom. The quantitative estimate of drug-likeness (QED) is 0.797. The molecule has 16 heavy (non-hydrogen) atoms. The summed E-state index contributed by atoms with van der Waals surface area (Å²) < 4.78 is 4.00. The van der Waals surface area contributed by atoms with Crippen LogP contribution in [0.25, 0.3) is 0 Å². The van der Waals surface area contributed by atoms with E-state index in [2.05, 4.69) is 47.6 Å². The first-order valence-corrected chi connectivity index (χ1v) is 6.68. The highest BCUT2D eigenvalue weighted by Crippen LogP contribution is 2.19. The Morgan fingerprint density at radius 3 is 2.81 bits per heavy atom. The maximum Gasteiger partial charge on any atom is 0.134 e. The van der Waals surface area contributed by atoms with Crippen molar-refractivity contribution in [3.8, 4) is 0 Å². The van der Waals surface area contributed by atoms with Crippen molar-refractivity contribution in [3.63, 3.8) is 0 Å². The highest BCUT2D eigenvalue weighted by Gasteiger charge is 2.11. The minimum atomic E-state index is 0.735. The van der Waals surface area contributed by atoms with E-state index in [9.17, 15) is 0 Å². The number of hydrogen-bond acceptors (Lipinski definition) is 5. The van der Waals surface area contributed by atoms with Gasteiger partial charge in [-0.3, -0.25) is 0 Å². The lowest BCUT2D eigenvalue weighted by atomic mass is 10.1. The average molecular weight is 242 g/mol. The lowest BCUT2D eigenvalue weighted by molar-refractivity contribution is 0.272. The van der Waals surface area contributed by atoms with Gasteiger partial charge in [0, 0.05) is 31.2 Å². The first kappa shape index (κ1) is 13.4. The molecule has 0 amide bonds. The molecule has 92 valence electrons. The molecule has 1 atom stereocenters. The van der Waals surface area contributed by atoms with E-state index >= 15 is 0 Å². The third-order valence-corrected chi connectivity index (χ3v) is 3.36. The molecule has 0 fully saturated rings. The summed E-state index contributed by atoms with van der Waals surface area (Å²) in [5.74, 6) is 0.735. The SMILES string of the molecule is CCNc1snnc1CN(C)CC(C)CC. The molecular weight excluding hydrogens is 220 g/mol. The van der Waals surface area contributed by atoms with Crippen molar-refractivity contribution < 1.29 is 0 Å². The van der Waals surface area contributed by atoms with Crippen LogP contribution in [0.1, 0.15) is 32.9 Å². The molecule has 0 aliphatic carbocycles. The molecule has 1 rings (SSSR count). The third-order valence-electron chi connectivity index (χ3n) is 2.63. The zero-order chi connectivity index (χ0) is 12.0. The van der Waals surface area contributed by atoms with Crippen LogP contribution in [0.3, 0.4) is 0 Å². The van der Waals surface area contributed by atoms with Gasteiger partial charge in [0.1, 0.15) is 10.7 Å². The molecule has 0 spiro atoms. The van der Waals surface area contributed by atoms with E-state index in [0.29, 0.717) is 0 Å². The maximum atomic E-state index is 4.17. The number of aromatic nitrogens is 2. The van der Waals surface area contributed by atoms with E-state index in [-0.39, 0.29) is 0 Å². The van der Waals surface area contributed by atoms with Crippen molar-refractivity contribution in [2.45, 2.75) is 33.7 Å². The van der Waals surface area contributed by atoms with Crippen LogP contribution < -0.4 is 5.32 Å². The Kier molecular flexibility index (Phi) is 5.69. The highest BCUT2D eigenvalue weighted by atomic mass is 32.1. The summed E-state index contributed by atoms with van der Waals surface area (Å²) in [6, 6.07) is 0. The van der Waals surface area contributed by atoms with Crippen molar-refractivity contribution in [2.24, 2.45) is 5.92 Å². The van der Waals surface area contributed by atoms with Gasteiger partial charge in [-0.15, -0.1) is 5.10 Å². The average Bonchev–Trinajstić information content (AvgIpc) is 2.66. The number of nitrogens with one attached hydrogen (secondary N) is 1. The van der Waals surface area contributed by atoms with E-state index in [1.807, 2.05) is 0 Å². The molecule has 0 aliphatic rings. The zero-order valence-electron chi connectivity index (χ0n) is 10.7. The lowest BCUT2D eigenvalue weighted by Gasteiger charge is -2.19. The Bertz CT molecular complexity index is 300.